The lowest BCUT2D eigenvalue weighted by molar-refractivity contribution is -0.146. The van der Waals surface area contributed by atoms with Crippen molar-refractivity contribution in [3.05, 3.63) is 35.5 Å². The van der Waals surface area contributed by atoms with Crippen LogP contribution in [0.15, 0.2) is 34.9 Å². The first-order chi connectivity index (χ1) is 13.0. The molecule has 0 amide bonds. The predicted octanol–water partition coefficient (Wildman–Crippen LogP) is 2.15. The van der Waals surface area contributed by atoms with Crippen molar-refractivity contribution in [3.8, 4) is 0 Å². The van der Waals surface area contributed by atoms with Crippen LogP contribution in [-0.2, 0) is 19.1 Å². The van der Waals surface area contributed by atoms with E-state index in [1.54, 1.807) is 13.8 Å². The Hall–Kier alpha value is -2.19. The number of anilines is 1. The molecule has 0 aromatic heterocycles. The highest BCUT2D eigenvalue weighted by molar-refractivity contribution is 8.00. The number of rotatable bonds is 7. The molecule has 27 heavy (non-hydrogen) atoms. The van der Waals surface area contributed by atoms with Crippen molar-refractivity contribution in [3.63, 3.8) is 0 Å². The molecule has 1 aromatic rings. The number of benzene rings is 1. The Bertz CT molecular complexity index is 732. The molecule has 8 heteroatoms. The molecule has 3 rings (SSSR count). The first-order valence-corrected chi connectivity index (χ1v) is 10.0. The van der Waals surface area contributed by atoms with Gasteiger partial charge in [0.1, 0.15) is 5.50 Å². The fraction of sp³-hybridized carbons (Fsp3) is 0.474. The highest BCUT2D eigenvalue weighted by atomic mass is 32.2. The fourth-order valence-electron chi connectivity index (χ4n) is 3.06. The van der Waals surface area contributed by atoms with Crippen molar-refractivity contribution >= 4 is 29.4 Å². The number of carbonyl (C=O) groups is 2. The summed E-state index contributed by atoms with van der Waals surface area (Å²) in [5.74, 6) is -1.38. The Morgan fingerprint density at radius 3 is 2.70 bits per heavy atom. The van der Waals surface area contributed by atoms with Gasteiger partial charge in [0.2, 0.25) is 0 Å². The second kappa shape index (κ2) is 8.67. The average Bonchev–Trinajstić information content (AvgIpc) is 3.22. The summed E-state index contributed by atoms with van der Waals surface area (Å²) in [6.07, 6.45) is 1.39. The van der Waals surface area contributed by atoms with Crippen LogP contribution in [0.1, 0.15) is 32.4 Å². The number of fused-ring (bicyclic) bond motifs is 3. The first-order valence-electron chi connectivity index (χ1n) is 9.16. The average molecular weight is 391 g/mol. The highest BCUT2D eigenvalue weighted by Crippen LogP contribution is 2.44. The van der Waals surface area contributed by atoms with Gasteiger partial charge in [0, 0.05) is 30.2 Å². The summed E-state index contributed by atoms with van der Waals surface area (Å²) in [4.78, 5) is 27.7. The smallest absolute Gasteiger partial charge is 0.347 e. The normalized spacial score (nSPS) is 18.3. The molecule has 1 aromatic carbocycles. The Morgan fingerprint density at radius 1 is 1.33 bits per heavy atom. The van der Waals surface area contributed by atoms with E-state index in [9.17, 15) is 9.59 Å². The largest absolute Gasteiger partial charge is 0.462 e. The Morgan fingerprint density at radius 2 is 2.04 bits per heavy atom. The molecule has 0 saturated carbocycles. The molecule has 2 unspecified atom stereocenters. The van der Waals surface area contributed by atoms with E-state index < -0.39 is 11.9 Å². The number of thioether (sulfide) groups is 1. The third-order valence-electron chi connectivity index (χ3n) is 4.45. The van der Waals surface area contributed by atoms with Gasteiger partial charge in [-0.2, -0.15) is 0 Å². The minimum atomic E-state index is -0.688. The standard InChI is InChI=1S/C19H25N3O4S/c1-4-25-17(23)14(18(24)26-5-2)11-21-12(3)13-6-7-15-16(10-13)27-19-20-8-9-22(15)19/h6-7,10-12,19-21H,4-5,8-9H2,1-3H3. The van der Waals surface area contributed by atoms with E-state index in [-0.39, 0.29) is 24.8 Å². The molecule has 0 aliphatic carbocycles. The summed E-state index contributed by atoms with van der Waals surface area (Å²) in [5.41, 5.74) is 2.51. The zero-order valence-corrected chi connectivity index (χ0v) is 16.6. The Labute approximate surface area is 163 Å². The van der Waals surface area contributed by atoms with Crippen LogP contribution in [0.3, 0.4) is 0 Å². The van der Waals surface area contributed by atoms with Crippen LogP contribution >= 0.6 is 11.8 Å². The van der Waals surface area contributed by atoms with E-state index in [1.165, 1.54) is 16.8 Å². The van der Waals surface area contributed by atoms with Crippen molar-refractivity contribution in [2.24, 2.45) is 0 Å². The molecule has 2 heterocycles. The van der Waals surface area contributed by atoms with Gasteiger partial charge in [-0.3, -0.25) is 5.32 Å². The molecule has 0 bridgehead atoms. The first kappa shape index (κ1) is 19.6. The zero-order chi connectivity index (χ0) is 19.4. The van der Waals surface area contributed by atoms with E-state index in [2.05, 4.69) is 33.7 Å². The van der Waals surface area contributed by atoms with Crippen LogP contribution in [0.5, 0.6) is 0 Å². The molecular formula is C19H25N3O4S. The number of nitrogens with one attached hydrogen (secondary N) is 2. The maximum atomic E-state index is 12.0. The van der Waals surface area contributed by atoms with E-state index in [1.807, 2.05) is 18.7 Å². The molecule has 7 nitrogen and oxygen atoms in total. The third kappa shape index (κ3) is 4.22. The lowest BCUT2D eigenvalue weighted by atomic mass is 10.1. The van der Waals surface area contributed by atoms with Gasteiger partial charge in [-0.05, 0) is 38.5 Å². The van der Waals surface area contributed by atoms with Gasteiger partial charge >= 0.3 is 11.9 Å². The van der Waals surface area contributed by atoms with Gasteiger partial charge in [-0.15, -0.1) is 0 Å². The van der Waals surface area contributed by atoms with E-state index >= 15 is 0 Å². The minimum Gasteiger partial charge on any atom is -0.462 e. The molecule has 1 saturated heterocycles. The van der Waals surface area contributed by atoms with E-state index in [4.69, 9.17) is 9.47 Å². The monoisotopic (exact) mass is 391 g/mol. The van der Waals surface area contributed by atoms with Crippen LogP contribution < -0.4 is 15.5 Å². The number of carbonyl (C=O) groups excluding carboxylic acids is 2. The Balaban J connectivity index is 1.72. The fourth-order valence-corrected chi connectivity index (χ4v) is 4.36. The van der Waals surface area contributed by atoms with Crippen molar-refractivity contribution < 1.29 is 19.1 Å². The van der Waals surface area contributed by atoms with Gasteiger partial charge < -0.3 is 19.7 Å². The number of hydrogen-bond acceptors (Lipinski definition) is 8. The molecule has 0 radical (unpaired) electrons. The van der Waals surface area contributed by atoms with Gasteiger partial charge in [0.15, 0.2) is 5.57 Å². The van der Waals surface area contributed by atoms with Gasteiger partial charge in [0.25, 0.3) is 0 Å². The summed E-state index contributed by atoms with van der Waals surface area (Å²) >= 11 is 1.81. The second-order valence-electron chi connectivity index (χ2n) is 6.23. The summed E-state index contributed by atoms with van der Waals surface area (Å²) in [6, 6.07) is 6.27. The number of hydrogen-bond donors (Lipinski definition) is 2. The third-order valence-corrected chi connectivity index (χ3v) is 5.68. The van der Waals surface area contributed by atoms with Crippen LogP contribution in [-0.4, -0.2) is 43.7 Å². The van der Waals surface area contributed by atoms with Crippen molar-refractivity contribution in [2.75, 3.05) is 31.2 Å². The molecule has 2 aliphatic rings. The summed E-state index contributed by atoms with van der Waals surface area (Å²) in [7, 11) is 0. The molecule has 1 fully saturated rings. The summed E-state index contributed by atoms with van der Waals surface area (Å²) in [5, 5.41) is 6.58. The number of ether oxygens (including phenoxy) is 2. The SMILES string of the molecule is CCOC(=O)C(=CNC(C)c1ccc2c(c1)SC1NCCN21)C(=O)OCC. The molecular weight excluding hydrogens is 366 g/mol. The second-order valence-corrected chi connectivity index (χ2v) is 7.35. The van der Waals surface area contributed by atoms with E-state index in [0.717, 1.165) is 18.7 Å². The van der Waals surface area contributed by atoms with Crippen LogP contribution in [0.25, 0.3) is 0 Å². The molecule has 2 N–H and O–H groups in total. The molecule has 2 aliphatic heterocycles. The van der Waals surface area contributed by atoms with Crippen LogP contribution in [0.4, 0.5) is 5.69 Å². The maximum Gasteiger partial charge on any atom is 0.347 e. The van der Waals surface area contributed by atoms with Crippen molar-refractivity contribution in [1.82, 2.24) is 10.6 Å². The quantitative estimate of drug-likeness (QED) is 0.317. The van der Waals surface area contributed by atoms with Gasteiger partial charge in [-0.1, -0.05) is 17.8 Å². The number of esters is 2. The predicted molar refractivity (Wildman–Crippen MR) is 104 cm³/mol. The molecule has 0 spiro atoms. The minimum absolute atomic E-state index is 0.0850. The lowest BCUT2D eigenvalue weighted by Crippen LogP contribution is -2.28. The highest BCUT2D eigenvalue weighted by Gasteiger charge is 2.33. The van der Waals surface area contributed by atoms with Crippen LogP contribution in [0, 0.1) is 0 Å². The lowest BCUT2D eigenvalue weighted by Gasteiger charge is -2.17. The summed E-state index contributed by atoms with van der Waals surface area (Å²) < 4.78 is 9.90. The van der Waals surface area contributed by atoms with Crippen molar-refractivity contribution in [2.45, 2.75) is 37.2 Å². The maximum absolute atomic E-state index is 12.0. The van der Waals surface area contributed by atoms with Crippen molar-refractivity contribution in [1.29, 1.82) is 0 Å². The Kier molecular flexibility index (Phi) is 6.28. The molecule has 2 atom stereocenters. The van der Waals surface area contributed by atoms with Gasteiger partial charge in [-0.25, -0.2) is 9.59 Å². The van der Waals surface area contributed by atoms with Gasteiger partial charge in [0.05, 0.1) is 18.9 Å². The zero-order valence-electron chi connectivity index (χ0n) is 15.8. The summed E-state index contributed by atoms with van der Waals surface area (Å²) in [6.45, 7) is 7.77. The number of nitrogens with zero attached hydrogens (tertiary/aromatic N) is 1. The molecule has 146 valence electrons. The topological polar surface area (TPSA) is 79.9 Å². The van der Waals surface area contributed by atoms with Crippen LogP contribution in [0.2, 0.25) is 0 Å². The van der Waals surface area contributed by atoms with E-state index in [0.29, 0.717) is 5.50 Å².